The molecule has 0 heterocycles. The van der Waals surface area contributed by atoms with E-state index in [1.54, 1.807) is 24.3 Å². The van der Waals surface area contributed by atoms with Crippen LogP contribution < -0.4 is 4.74 Å². The van der Waals surface area contributed by atoms with Crippen LogP contribution in [0.25, 0.3) is 0 Å². The maximum Gasteiger partial charge on any atom is 0.328 e. The summed E-state index contributed by atoms with van der Waals surface area (Å²) in [5, 5.41) is -0.759. The Balaban J connectivity index is 2.75. The minimum Gasteiger partial charge on any atom is -0.494 e. The van der Waals surface area contributed by atoms with Gasteiger partial charge in [0.25, 0.3) is 0 Å². The number of benzene rings is 1. The van der Waals surface area contributed by atoms with Crippen molar-refractivity contribution < 1.29 is 14.3 Å². The van der Waals surface area contributed by atoms with Crippen LogP contribution in [0.15, 0.2) is 24.3 Å². The first-order chi connectivity index (χ1) is 7.19. The predicted molar refractivity (Wildman–Crippen MR) is 58.2 cm³/mol. The number of carbonyl (C=O) groups excluding carboxylic acids is 1. The molecule has 4 heteroatoms. The lowest BCUT2D eigenvalue weighted by atomic mass is 10.1. The molecule has 1 aromatic rings. The fraction of sp³-hybridized carbons (Fsp3) is 0.364. The van der Waals surface area contributed by atoms with Crippen LogP contribution >= 0.6 is 11.6 Å². The quantitative estimate of drug-likeness (QED) is 0.587. The number of halogens is 1. The molecule has 0 N–H and O–H groups in total. The number of ether oxygens (including phenoxy) is 2. The molecule has 0 aromatic heterocycles. The number of rotatable bonds is 4. The van der Waals surface area contributed by atoms with Crippen molar-refractivity contribution in [2.75, 3.05) is 13.7 Å². The molecule has 0 bridgehead atoms. The lowest BCUT2D eigenvalue weighted by Crippen LogP contribution is -2.08. The number of esters is 1. The van der Waals surface area contributed by atoms with Crippen LogP contribution in [0.5, 0.6) is 5.75 Å². The molecule has 1 rings (SSSR count). The van der Waals surface area contributed by atoms with Crippen LogP contribution in [0.1, 0.15) is 17.9 Å². The monoisotopic (exact) mass is 228 g/mol. The normalized spacial score (nSPS) is 11.9. The molecular formula is C11H13ClO3. The van der Waals surface area contributed by atoms with Crippen LogP contribution in [0.2, 0.25) is 0 Å². The van der Waals surface area contributed by atoms with E-state index in [0.717, 1.165) is 5.75 Å². The Labute approximate surface area is 93.9 Å². The second kappa shape index (κ2) is 5.61. The Hall–Kier alpha value is -1.22. The molecule has 0 radical (unpaired) electrons. The minimum absolute atomic E-state index is 0.458. The van der Waals surface area contributed by atoms with Crippen molar-refractivity contribution in [2.24, 2.45) is 0 Å². The van der Waals surface area contributed by atoms with Gasteiger partial charge in [0.05, 0.1) is 13.7 Å². The van der Waals surface area contributed by atoms with Gasteiger partial charge in [0, 0.05) is 0 Å². The average molecular weight is 229 g/mol. The fourth-order valence-corrected chi connectivity index (χ4v) is 1.37. The first kappa shape index (κ1) is 11.9. The van der Waals surface area contributed by atoms with Crippen molar-refractivity contribution in [1.82, 2.24) is 0 Å². The van der Waals surface area contributed by atoms with Crippen molar-refractivity contribution in [1.29, 1.82) is 0 Å². The van der Waals surface area contributed by atoms with Gasteiger partial charge in [-0.15, -0.1) is 11.6 Å². The molecule has 0 fully saturated rings. The second-order valence-corrected chi connectivity index (χ2v) is 3.32. The Morgan fingerprint density at radius 2 is 2.00 bits per heavy atom. The van der Waals surface area contributed by atoms with Gasteiger partial charge in [0.2, 0.25) is 0 Å². The molecule has 1 atom stereocenters. The van der Waals surface area contributed by atoms with Gasteiger partial charge >= 0.3 is 5.97 Å². The number of methoxy groups -OCH3 is 1. The highest BCUT2D eigenvalue weighted by Gasteiger charge is 2.17. The summed E-state index contributed by atoms with van der Waals surface area (Å²) >= 11 is 5.87. The molecular weight excluding hydrogens is 216 g/mol. The summed E-state index contributed by atoms with van der Waals surface area (Å²) < 4.78 is 9.81. The average Bonchev–Trinajstić information content (AvgIpc) is 2.28. The van der Waals surface area contributed by atoms with Crippen LogP contribution in [0.3, 0.4) is 0 Å². The first-order valence-corrected chi connectivity index (χ1v) is 5.07. The minimum atomic E-state index is -0.759. The van der Waals surface area contributed by atoms with Gasteiger partial charge in [-0.2, -0.15) is 0 Å². The van der Waals surface area contributed by atoms with Gasteiger partial charge in [-0.05, 0) is 24.6 Å². The van der Waals surface area contributed by atoms with Crippen LogP contribution in [-0.4, -0.2) is 19.7 Å². The zero-order valence-corrected chi connectivity index (χ0v) is 9.45. The van der Waals surface area contributed by atoms with E-state index in [2.05, 4.69) is 4.74 Å². The largest absolute Gasteiger partial charge is 0.494 e. The maximum atomic E-state index is 11.1. The number of carbonyl (C=O) groups is 1. The lowest BCUT2D eigenvalue weighted by molar-refractivity contribution is -0.140. The summed E-state index contributed by atoms with van der Waals surface area (Å²) in [7, 11) is 1.31. The van der Waals surface area contributed by atoms with Gasteiger partial charge in [0.1, 0.15) is 5.75 Å². The Bertz CT molecular complexity index is 321. The molecule has 15 heavy (non-hydrogen) atoms. The van der Waals surface area contributed by atoms with Crippen molar-refractivity contribution in [3.63, 3.8) is 0 Å². The Kier molecular flexibility index (Phi) is 4.43. The van der Waals surface area contributed by atoms with Crippen molar-refractivity contribution >= 4 is 17.6 Å². The molecule has 0 unspecified atom stereocenters. The number of hydrogen-bond donors (Lipinski definition) is 0. The summed E-state index contributed by atoms with van der Waals surface area (Å²) in [5.41, 5.74) is 0.701. The van der Waals surface area contributed by atoms with Crippen molar-refractivity contribution in [3.8, 4) is 5.75 Å². The Morgan fingerprint density at radius 3 is 2.47 bits per heavy atom. The molecule has 1 aromatic carbocycles. The highest BCUT2D eigenvalue weighted by molar-refractivity contribution is 6.29. The fourth-order valence-electron chi connectivity index (χ4n) is 1.14. The standard InChI is InChI=1S/C11H13ClO3/c1-3-15-9-6-4-8(5-7-9)10(12)11(13)14-2/h4-7,10H,3H2,1-2H3/t10-/m0/s1. The summed E-state index contributed by atoms with van der Waals surface area (Å²) in [6, 6.07) is 7.05. The lowest BCUT2D eigenvalue weighted by Gasteiger charge is -2.08. The van der Waals surface area contributed by atoms with E-state index in [0.29, 0.717) is 12.2 Å². The predicted octanol–water partition coefficient (Wildman–Crippen LogP) is 2.54. The van der Waals surface area contributed by atoms with Gasteiger partial charge in [0.15, 0.2) is 5.38 Å². The summed E-state index contributed by atoms with van der Waals surface area (Å²) in [4.78, 5) is 11.1. The van der Waals surface area contributed by atoms with E-state index in [1.165, 1.54) is 7.11 Å². The maximum absolute atomic E-state index is 11.1. The molecule has 0 spiro atoms. The van der Waals surface area contributed by atoms with Crippen LogP contribution in [-0.2, 0) is 9.53 Å². The van der Waals surface area contributed by atoms with E-state index in [4.69, 9.17) is 16.3 Å². The summed E-state index contributed by atoms with van der Waals surface area (Å²) in [6.07, 6.45) is 0. The van der Waals surface area contributed by atoms with Crippen molar-refractivity contribution in [3.05, 3.63) is 29.8 Å². The molecule has 3 nitrogen and oxygen atoms in total. The molecule has 0 aliphatic rings. The van der Waals surface area contributed by atoms with E-state index >= 15 is 0 Å². The van der Waals surface area contributed by atoms with E-state index in [9.17, 15) is 4.79 Å². The van der Waals surface area contributed by atoms with Gasteiger partial charge in [-0.3, -0.25) is 4.79 Å². The highest BCUT2D eigenvalue weighted by atomic mass is 35.5. The SMILES string of the molecule is CCOc1ccc([C@H](Cl)C(=O)OC)cc1. The van der Waals surface area contributed by atoms with E-state index in [-0.39, 0.29) is 0 Å². The molecule has 0 saturated carbocycles. The summed E-state index contributed by atoms with van der Waals surface area (Å²) in [6.45, 7) is 2.52. The molecule has 0 aliphatic heterocycles. The topological polar surface area (TPSA) is 35.5 Å². The van der Waals surface area contributed by atoms with Gasteiger partial charge in [-0.25, -0.2) is 0 Å². The highest BCUT2D eigenvalue weighted by Crippen LogP contribution is 2.23. The summed E-state index contributed by atoms with van der Waals surface area (Å²) in [5.74, 6) is 0.302. The molecule has 0 aliphatic carbocycles. The third-order valence-electron chi connectivity index (χ3n) is 1.89. The zero-order valence-electron chi connectivity index (χ0n) is 8.70. The van der Waals surface area contributed by atoms with E-state index < -0.39 is 11.3 Å². The van der Waals surface area contributed by atoms with Crippen molar-refractivity contribution in [2.45, 2.75) is 12.3 Å². The van der Waals surface area contributed by atoms with E-state index in [1.807, 2.05) is 6.92 Å². The third kappa shape index (κ3) is 3.13. The zero-order chi connectivity index (χ0) is 11.3. The number of hydrogen-bond acceptors (Lipinski definition) is 3. The van der Waals surface area contributed by atoms with Crippen LogP contribution in [0.4, 0.5) is 0 Å². The Morgan fingerprint density at radius 1 is 1.40 bits per heavy atom. The molecule has 0 amide bonds. The molecule has 82 valence electrons. The molecule has 0 saturated heterocycles. The van der Waals surface area contributed by atoms with Crippen LogP contribution in [0, 0.1) is 0 Å². The third-order valence-corrected chi connectivity index (χ3v) is 2.32. The number of alkyl halides is 1. The smallest absolute Gasteiger partial charge is 0.328 e. The first-order valence-electron chi connectivity index (χ1n) is 4.63. The second-order valence-electron chi connectivity index (χ2n) is 2.89. The van der Waals surface area contributed by atoms with Gasteiger partial charge in [-0.1, -0.05) is 12.1 Å². The van der Waals surface area contributed by atoms with Gasteiger partial charge < -0.3 is 9.47 Å².